The highest BCUT2D eigenvalue weighted by molar-refractivity contribution is 8.18. The summed E-state index contributed by atoms with van der Waals surface area (Å²) in [5.41, 5.74) is 0.645. The fraction of sp³-hybridized carbons (Fsp3) is 0.267. The normalized spacial score (nSPS) is 16.5. The van der Waals surface area contributed by atoms with E-state index in [-0.39, 0.29) is 30.1 Å². The summed E-state index contributed by atoms with van der Waals surface area (Å²) in [7, 11) is 0. The third-order valence-corrected chi connectivity index (χ3v) is 3.93. The van der Waals surface area contributed by atoms with Crippen molar-refractivity contribution >= 4 is 34.9 Å². The standard InChI is InChI=1S/C15H15FN2O3S/c1-2-13(19)17-7-8-18-14(20)12(22-15(18)21)9-10-3-5-11(16)6-4-10/h3-6,9H,2,7-8H2,1H3,(H,17,19)/b12-9-. The molecule has 0 atom stereocenters. The van der Waals surface area contributed by atoms with Crippen molar-refractivity contribution < 1.29 is 18.8 Å². The summed E-state index contributed by atoms with van der Waals surface area (Å²) in [4.78, 5) is 36.5. The Morgan fingerprint density at radius 2 is 2.00 bits per heavy atom. The monoisotopic (exact) mass is 322 g/mol. The lowest BCUT2D eigenvalue weighted by atomic mass is 10.2. The van der Waals surface area contributed by atoms with E-state index in [9.17, 15) is 18.8 Å². The largest absolute Gasteiger partial charge is 0.354 e. The van der Waals surface area contributed by atoms with Gasteiger partial charge in [-0.25, -0.2) is 4.39 Å². The molecular weight excluding hydrogens is 307 g/mol. The van der Waals surface area contributed by atoms with Gasteiger partial charge < -0.3 is 5.32 Å². The number of carbonyl (C=O) groups is 3. The predicted octanol–water partition coefficient (Wildman–Crippen LogP) is 2.39. The molecule has 1 N–H and O–H groups in total. The molecule has 1 aromatic carbocycles. The number of thioether (sulfide) groups is 1. The Bertz CT molecular complexity index is 628. The van der Waals surface area contributed by atoms with Crippen molar-refractivity contribution in [3.05, 3.63) is 40.6 Å². The third kappa shape index (κ3) is 3.94. The van der Waals surface area contributed by atoms with Crippen molar-refractivity contribution in [2.24, 2.45) is 0 Å². The maximum atomic E-state index is 12.8. The van der Waals surface area contributed by atoms with Crippen LogP contribution in [0.3, 0.4) is 0 Å². The first-order valence-corrected chi connectivity index (χ1v) is 7.60. The molecule has 2 rings (SSSR count). The third-order valence-electron chi connectivity index (χ3n) is 3.02. The Balaban J connectivity index is 2.02. The molecule has 3 amide bonds. The Kier molecular flexibility index (Phi) is 5.32. The highest BCUT2D eigenvalue weighted by atomic mass is 32.2. The molecule has 1 saturated heterocycles. The minimum atomic E-state index is -0.398. The molecule has 1 aromatic rings. The first kappa shape index (κ1) is 16.2. The fourth-order valence-electron chi connectivity index (χ4n) is 1.84. The summed E-state index contributed by atoms with van der Waals surface area (Å²) < 4.78 is 12.8. The molecule has 0 unspecified atom stereocenters. The van der Waals surface area contributed by atoms with Crippen molar-refractivity contribution in [1.29, 1.82) is 0 Å². The van der Waals surface area contributed by atoms with Crippen LogP contribution < -0.4 is 5.32 Å². The molecule has 5 nitrogen and oxygen atoms in total. The molecule has 0 aromatic heterocycles. The Hall–Kier alpha value is -2.15. The second-order valence-corrected chi connectivity index (χ2v) is 5.58. The van der Waals surface area contributed by atoms with E-state index < -0.39 is 5.91 Å². The summed E-state index contributed by atoms with van der Waals surface area (Å²) >= 11 is 0.837. The Labute approximate surface area is 131 Å². The van der Waals surface area contributed by atoms with Crippen LogP contribution in [0.25, 0.3) is 6.08 Å². The summed E-state index contributed by atoms with van der Waals surface area (Å²) in [5.74, 6) is -0.893. The van der Waals surface area contributed by atoms with Crippen LogP contribution >= 0.6 is 11.8 Å². The van der Waals surface area contributed by atoms with E-state index in [2.05, 4.69) is 5.32 Å². The van der Waals surface area contributed by atoms with Crippen LogP contribution in [-0.4, -0.2) is 35.0 Å². The van der Waals surface area contributed by atoms with Crippen LogP contribution in [0.4, 0.5) is 9.18 Å². The van der Waals surface area contributed by atoms with E-state index >= 15 is 0 Å². The minimum absolute atomic E-state index is 0.131. The van der Waals surface area contributed by atoms with Crippen molar-refractivity contribution in [3.8, 4) is 0 Å². The summed E-state index contributed by atoms with van der Waals surface area (Å²) in [6, 6.07) is 5.64. The zero-order chi connectivity index (χ0) is 16.1. The van der Waals surface area contributed by atoms with Crippen LogP contribution in [0.2, 0.25) is 0 Å². The molecule has 1 fully saturated rings. The van der Waals surface area contributed by atoms with Crippen molar-refractivity contribution in [3.63, 3.8) is 0 Å². The van der Waals surface area contributed by atoms with Crippen molar-refractivity contribution in [2.45, 2.75) is 13.3 Å². The van der Waals surface area contributed by atoms with Crippen LogP contribution in [0.1, 0.15) is 18.9 Å². The van der Waals surface area contributed by atoms with E-state index in [1.165, 1.54) is 24.3 Å². The maximum Gasteiger partial charge on any atom is 0.293 e. The molecule has 0 bridgehead atoms. The number of nitrogens with one attached hydrogen (secondary N) is 1. The lowest BCUT2D eigenvalue weighted by Gasteiger charge is -2.12. The Morgan fingerprint density at radius 3 is 2.64 bits per heavy atom. The first-order chi connectivity index (χ1) is 10.5. The first-order valence-electron chi connectivity index (χ1n) is 6.79. The summed E-state index contributed by atoms with van der Waals surface area (Å²) in [6.45, 7) is 2.09. The zero-order valence-corrected chi connectivity index (χ0v) is 12.8. The smallest absolute Gasteiger partial charge is 0.293 e. The van der Waals surface area contributed by atoms with Gasteiger partial charge in [0.1, 0.15) is 5.82 Å². The highest BCUT2D eigenvalue weighted by Gasteiger charge is 2.34. The van der Waals surface area contributed by atoms with Gasteiger partial charge in [0.25, 0.3) is 11.1 Å². The number of hydrogen-bond acceptors (Lipinski definition) is 4. The fourth-order valence-corrected chi connectivity index (χ4v) is 2.70. The maximum absolute atomic E-state index is 12.8. The molecule has 0 aliphatic carbocycles. The predicted molar refractivity (Wildman–Crippen MR) is 82.4 cm³/mol. The molecule has 22 heavy (non-hydrogen) atoms. The molecule has 1 aliphatic heterocycles. The number of rotatable bonds is 5. The lowest BCUT2D eigenvalue weighted by Crippen LogP contribution is -2.37. The average Bonchev–Trinajstić information content (AvgIpc) is 2.76. The summed E-state index contributed by atoms with van der Waals surface area (Å²) in [5, 5.41) is 2.24. The van der Waals surface area contributed by atoms with Gasteiger partial charge in [-0.3, -0.25) is 19.3 Å². The van der Waals surface area contributed by atoms with E-state index in [1.54, 1.807) is 13.0 Å². The van der Waals surface area contributed by atoms with Crippen LogP contribution in [0.5, 0.6) is 0 Å². The number of amides is 3. The number of imide groups is 1. The quantitative estimate of drug-likeness (QED) is 0.845. The molecule has 0 radical (unpaired) electrons. The number of hydrogen-bond donors (Lipinski definition) is 1. The van der Waals surface area contributed by atoms with E-state index in [0.717, 1.165) is 16.7 Å². The van der Waals surface area contributed by atoms with E-state index in [4.69, 9.17) is 0 Å². The van der Waals surface area contributed by atoms with Gasteiger partial charge in [0.05, 0.1) is 4.91 Å². The van der Waals surface area contributed by atoms with Gasteiger partial charge in [0, 0.05) is 19.5 Å². The molecule has 0 saturated carbocycles. The number of benzene rings is 1. The molecule has 116 valence electrons. The topological polar surface area (TPSA) is 66.5 Å². The van der Waals surface area contributed by atoms with E-state index in [0.29, 0.717) is 16.9 Å². The number of carbonyl (C=O) groups excluding carboxylic acids is 3. The second-order valence-electron chi connectivity index (χ2n) is 4.59. The van der Waals surface area contributed by atoms with Gasteiger partial charge in [-0.15, -0.1) is 0 Å². The lowest BCUT2D eigenvalue weighted by molar-refractivity contribution is -0.124. The summed E-state index contributed by atoms with van der Waals surface area (Å²) in [6.07, 6.45) is 1.90. The molecule has 0 spiro atoms. The van der Waals surface area contributed by atoms with Gasteiger partial charge in [-0.2, -0.15) is 0 Å². The molecule has 1 aliphatic rings. The van der Waals surface area contributed by atoms with Crippen LogP contribution in [-0.2, 0) is 9.59 Å². The number of halogens is 1. The SMILES string of the molecule is CCC(=O)NCCN1C(=O)S/C(=C\c2ccc(F)cc2)C1=O. The average molecular weight is 322 g/mol. The molecule has 1 heterocycles. The molecular formula is C15H15FN2O3S. The number of nitrogens with zero attached hydrogens (tertiary/aromatic N) is 1. The second kappa shape index (κ2) is 7.22. The van der Waals surface area contributed by atoms with Crippen LogP contribution in [0, 0.1) is 5.82 Å². The van der Waals surface area contributed by atoms with E-state index in [1.807, 2.05) is 0 Å². The zero-order valence-electron chi connectivity index (χ0n) is 12.0. The van der Waals surface area contributed by atoms with Crippen LogP contribution in [0.15, 0.2) is 29.2 Å². The van der Waals surface area contributed by atoms with Gasteiger partial charge in [-0.1, -0.05) is 19.1 Å². The van der Waals surface area contributed by atoms with Crippen molar-refractivity contribution in [2.75, 3.05) is 13.1 Å². The van der Waals surface area contributed by atoms with Gasteiger partial charge in [0.15, 0.2) is 0 Å². The highest BCUT2D eigenvalue weighted by Crippen LogP contribution is 2.31. The van der Waals surface area contributed by atoms with Gasteiger partial charge in [0.2, 0.25) is 5.91 Å². The van der Waals surface area contributed by atoms with Gasteiger partial charge >= 0.3 is 0 Å². The minimum Gasteiger partial charge on any atom is -0.354 e. The van der Waals surface area contributed by atoms with Crippen molar-refractivity contribution in [1.82, 2.24) is 10.2 Å². The molecule has 7 heteroatoms. The van der Waals surface area contributed by atoms with Gasteiger partial charge in [-0.05, 0) is 35.5 Å². The Morgan fingerprint density at radius 1 is 1.32 bits per heavy atom.